The maximum absolute atomic E-state index is 4.55. The smallest absolute Gasteiger partial charge is 0.161 e. The number of hydrogen-bond acceptors (Lipinski definition) is 4. The van der Waals surface area contributed by atoms with Crippen molar-refractivity contribution in [2.24, 2.45) is 0 Å². The Balaban J connectivity index is 2.19. The van der Waals surface area contributed by atoms with Gasteiger partial charge < -0.3 is 4.90 Å². The summed E-state index contributed by atoms with van der Waals surface area (Å²) in [5.41, 5.74) is 1.02. The van der Waals surface area contributed by atoms with Crippen LogP contribution in [0.25, 0.3) is 11.0 Å². The molecule has 0 atom stereocenters. The number of aromatic nitrogens is 4. The first kappa shape index (κ1) is 9.57. The Morgan fingerprint density at radius 2 is 2.19 bits per heavy atom. The summed E-state index contributed by atoms with van der Waals surface area (Å²) in [6.45, 7) is 7.44. The zero-order valence-corrected chi connectivity index (χ0v) is 9.78. The maximum Gasteiger partial charge on any atom is 0.161 e. The second kappa shape index (κ2) is 2.93. The number of rotatable bonds is 1. The van der Waals surface area contributed by atoms with Gasteiger partial charge in [0.15, 0.2) is 5.65 Å². The average molecular weight is 217 g/mol. The van der Waals surface area contributed by atoms with Crippen LogP contribution in [0.2, 0.25) is 0 Å². The van der Waals surface area contributed by atoms with Crippen LogP contribution in [-0.2, 0) is 0 Å². The summed E-state index contributed by atoms with van der Waals surface area (Å²) in [5.74, 6) is 1.79. The van der Waals surface area contributed by atoms with E-state index in [2.05, 4.69) is 38.9 Å². The highest BCUT2D eigenvalue weighted by molar-refractivity contribution is 5.87. The number of aryl methyl sites for hydroxylation is 1. The van der Waals surface area contributed by atoms with Gasteiger partial charge in [0.2, 0.25) is 0 Å². The van der Waals surface area contributed by atoms with E-state index in [0.717, 1.165) is 29.2 Å². The quantitative estimate of drug-likeness (QED) is 0.789. The summed E-state index contributed by atoms with van der Waals surface area (Å²) >= 11 is 0. The molecule has 1 aliphatic heterocycles. The molecule has 2 aromatic rings. The Morgan fingerprint density at radius 3 is 2.81 bits per heavy atom. The van der Waals surface area contributed by atoms with Crippen LogP contribution < -0.4 is 4.90 Å². The molecule has 1 N–H and O–H groups in total. The summed E-state index contributed by atoms with van der Waals surface area (Å²) < 4.78 is 0. The summed E-state index contributed by atoms with van der Waals surface area (Å²) in [6, 6.07) is 0. The van der Waals surface area contributed by atoms with Gasteiger partial charge >= 0.3 is 0 Å². The van der Waals surface area contributed by atoms with Crippen molar-refractivity contribution in [3.8, 4) is 0 Å². The van der Waals surface area contributed by atoms with Gasteiger partial charge in [-0.3, -0.25) is 5.10 Å². The van der Waals surface area contributed by atoms with E-state index in [1.54, 1.807) is 6.20 Å². The van der Waals surface area contributed by atoms with E-state index in [9.17, 15) is 0 Å². The minimum Gasteiger partial charge on any atom is -0.351 e. The van der Waals surface area contributed by atoms with Crippen molar-refractivity contribution in [3.63, 3.8) is 0 Å². The highest BCUT2D eigenvalue weighted by Gasteiger charge is 2.37. The molecule has 1 saturated heterocycles. The summed E-state index contributed by atoms with van der Waals surface area (Å²) in [6.07, 6.45) is 3.01. The molecule has 3 heterocycles. The first-order valence-corrected chi connectivity index (χ1v) is 5.53. The fraction of sp³-hybridized carbons (Fsp3) is 0.545. The van der Waals surface area contributed by atoms with Crippen molar-refractivity contribution in [2.45, 2.75) is 32.7 Å². The van der Waals surface area contributed by atoms with E-state index in [1.165, 1.54) is 6.42 Å². The van der Waals surface area contributed by atoms with Crippen molar-refractivity contribution in [2.75, 3.05) is 11.4 Å². The molecule has 16 heavy (non-hydrogen) atoms. The van der Waals surface area contributed by atoms with Crippen LogP contribution in [0.5, 0.6) is 0 Å². The van der Waals surface area contributed by atoms with Crippen LogP contribution in [0.15, 0.2) is 6.20 Å². The predicted octanol–water partition coefficient (Wildman–Crippen LogP) is 1.65. The van der Waals surface area contributed by atoms with Gasteiger partial charge in [0.05, 0.1) is 11.6 Å². The van der Waals surface area contributed by atoms with E-state index >= 15 is 0 Å². The van der Waals surface area contributed by atoms with E-state index in [1.807, 2.05) is 6.92 Å². The molecule has 0 amide bonds. The predicted molar refractivity (Wildman–Crippen MR) is 62.5 cm³/mol. The zero-order valence-electron chi connectivity index (χ0n) is 9.78. The minimum absolute atomic E-state index is 0.199. The standard InChI is InChI=1S/C11H15N5/c1-7-13-9-8(6-12-15-9)10(14-7)16-5-4-11(16,2)3/h6H,4-5H2,1-3H3,(H,12,13,14,15). The lowest BCUT2D eigenvalue weighted by Crippen LogP contribution is -2.56. The molecule has 0 bridgehead atoms. The molecule has 5 nitrogen and oxygen atoms in total. The molecule has 3 rings (SSSR count). The molecule has 1 fully saturated rings. The molecule has 5 heteroatoms. The number of hydrogen-bond donors (Lipinski definition) is 1. The van der Waals surface area contributed by atoms with Gasteiger partial charge in [-0.1, -0.05) is 0 Å². The topological polar surface area (TPSA) is 57.7 Å². The van der Waals surface area contributed by atoms with Crippen molar-refractivity contribution < 1.29 is 0 Å². The van der Waals surface area contributed by atoms with Gasteiger partial charge in [0.25, 0.3) is 0 Å². The lowest BCUT2D eigenvalue weighted by molar-refractivity contribution is 0.330. The van der Waals surface area contributed by atoms with E-state index in [0.29, 0.717) is 0 Å². The van der Waals surface area contributed by atoms with Gasteiger partial charge in [-0.05, 0) is 27.2 Å². The number of H-pyrrole nitrogens is 1. The van der Waals surface area contributed by atoms with Crippen LogP contribution in [0.4, 0.5) is 5.82 Å². The maximum atomic E-state index is 4.55. The number of nitrogens with zero attached hydrogens (tertiary/aromatic N) is 4. The lowest BCUT2D eigenvalue weighted by Gasteiger charge is -2.49. The summed E-state index contributed by atoms with van der Waals surface area (Å²) in [4.78, 5) is 11.2. The highest BCUT2D eigenvalue weighted by Crippen LogP contribution is 2.36. The molecular formula is C11H15N5. The Hall–Kier alpha value is -1.65. The van der Waals surface area contributed by atoms with Crippen molar-refractivity contribution >= 4 is 16.9 Å². The number of nitrogens with one attached hydrogen (secondary N) is 1. The monoisotopic (exact) mass is 217 g/mol. The highest BCUT2D eigenvalue weighted by atomic mass is 15.3. The van der Waals surface area contributed by atoms with Crippen molar-refractivity contribution in [1.29, 1.82) is 0 Å². The Morgan fingerprint density at radius 1 is 1.38 bits per heavy atom. The van der Waals surface area contributed by atoms with Crippen LogP contribution in [0.1, 0.15) is 26.1 Å². The average Bonchev–Trinajstić information content (AvgIpc) is 2.64. The third kappa shape index (κ3) is 1.20. The molecular weight excluding hydrogens is 202 g/mol. The number of aromatic amines is 1. The fourth-order valence-corrected chi connectivity index (χ4v) is 2.20. The number of anilines is 1. The molecule has 1 aliphatic rings. The van der Waals surface area contributed by atoms with Gasteiger partial charge in [-0.2, -0.15) is 5.10 Å². The third-order valence-electron chi connectivity index (χ3n) is 3.34. The van der Waals surface area contributed by atoms with Gasteiger partial charge in [-0.25, -0.2) is 9.97 Å². The summed E-state index contributed by atoms with van der Waals surface area (Å²) in [7, 11) is 0. The van der Waals surface area contributed by atoms with E-state index in [4.69, 9.17) is 0 Å². The van der Waals surface area contributed by atoms with E-state index < -0.39 is 0 Å². The normalized spacial score (nSPS) is 18.8. The molecule has 0 radical (unpaired) electrons. The Bertz CT molecular complexity index is 542. The zero-order chi connectivity index (χ0) is 11.3. The van der Waals surface area contributed by atoms with Gasteiger partial charge in [0, 0.05) is 12.1 Å². The van der Waals surface area contributed by atoms with Gasteiger partial charge in [0.1, 0.15) is 11.6 Å². The Kier molecular flexibility index (Phi) is 1.75. The number of fused-ring (bicyclic) bond motifs is 1. The van der Waals surface area contributed by atoms with Crippen molar-refractivity contribution in [1.82, 2.24) is 20.2 Å². The molecule has 84 valence electrons. The minimum atomic E-state index is 0.199. The van der Waals surface area contributed by atoms with Gasteiger partial charge in [-0.15, -0.1) is 0 Å². The first-order chi connectivity index (χ1) is 7.58. The fourth-order valence-electron chi connectivity index (χ4n) is 2.20. The lowest BCUT2D eigenvalue weighted by atomic mass is 9.89. The molecule has 0 saturated carbocycles. The first-order valence-electron chi connectivity index (χ1n) is 5.53. The van der Waals surface area contributed by atoms with Crippen LogP contribution in [0.3, 0.4) is 0 Å². The second-order valence-electron chi connectivity index (χ2n) is 4.94. The molecule has 0 unspecified atom stereocenters. The van der Waals surface area contributed by atoms with E-state index in [-0.39, 0.29) is 5.54 Å². The summed E-state index contributed by atoms with van der Waals surface area (Å²) in [5, 5.41) is 7.95. The molecule has 0 spiro atoms. The van der Waals surface area contributed by atoms with Crippen LogP contribution in [-0.4, -0.2) is 32.2 Å². The molecule has 0 aromatic carbocycles. The third-order valence-corrected chi connectivity index (χ3v) is 3.34. The molecule has 2 aromatic heterocycles. The largest absolute Gasteiger partial charge is 0.351 e. The Labute approximate surface area is 93.9 Å². The van der Waals surface area contributed by atoms with Crippen LogP contribution in [0, 0.1) is 6.92 Å². The second-order valence-corrected chi connectivity index (χ2v) is 4.94. The molecule has 0 aliphatic carbocycles. The van der Waals surface area contributed by atoms with Crippen LogP contribution >= 0.6 is 0 Å². The van der Waals surface area contributed by atoms with Crippen molar-refractivity contribution in [3.05, 3.63) is 12.0 Å². The SMILES string of the molecule is Cc1nc(N2CCC2(C)C)c2cn[nH]c2n1.